The quantitative estimate of drug-likeness (QED) is 0.650. The molecule has 0 atom stereocenters. The summed E-state index contributed by atoms with van der Waals surface area (Å²) in [5, 5.41) is 21.4. The highest BCUT2D eigenvalue weighted by Gasteiger charge is 2.11. The topological polar surface area (TPSA) is 93.8 Å². The average molecular weight is 245 g/mol. The van der Waals surface area contributed by atoms with Crippen LogP contribution in [0.5, 0.6) is 0 Å². The van der Waals surface area contributed by atoms with Crippen LogP contribution in [0.25, 0.3) is 0 Å². The van der Waals surface area contributed by atoms with Crippen molar-refractivity contribution in [3.63, 3.8) is 0 Å². The van der Waals surface area contributed by atoms with Gasteiger partial charge < -0.3 is 5.32 Å². The predicted octanol–water partition coefficient (Wildman–Crippen LogP) is 1.70. The molecule has 0 radical (unpaired) electrons. The molecule has 92 valence electrons. The minimum atomic E-state index is -0.426. The normalized spacial score (nSPS) is 10.1. The number of nitrogens with one attached hydrogen (secondary N) is 1. The second-order valence-electron chi connectivity index (χ2n) is 3.68. The Morgan fingerprint density at radius 1 is 1.50 bits per heavy atom. The summed E-state index contributed by atoms with van der Waals surface area (Å²) in [5.74, 6) is 0.443. The first kappa shape index (κ1) is 11.9. The van der Waals surface area contributed by atoms with Crippen LogP contribution < -0.4 is 5.32 Å². The van der Waals surface area contributed by atoms with Crippen LogP contribution in [0.2, 0.25) is 0 Å². The summed E-state index contributed by atoms with van der Waals surface area (Å²) < 4.78 is 0. The van der Waals surface area contributed by atoms with E-state index in [4.69, 9.17) is 0 Å². The summed E-state index contributed by atoms with van der Waals surface area (Å²) >= 11 is 0. The Labute approximate surface area is 103 Å². The fourth-order valence-corrected chi connectivity index (χ4v) is 1.42. The van der Waals surface area contributed by atoms with Gasteiger partial charge >= 0.3 is 0 Å². The smallest absolute Gasteiger partial charge is 0.277 e. The van der Waals surface area contributed by atoms with Crippen LogP contribution in [0.15, 0.2) is 30.6 Å². The molecule has 0 unspecified atom stereocenters. The van der Waals surface area contributed by atoms with Crippen molar-refractivity contribution in [2.45, 2.75) is 13.5 Å². The second kappa shape index (κ2) is 5.17. The fraction of sp³-hybridized carbons (Fsp3) is 0.182. The number of nitro groups is 1. The number of hydrogen-bond acceptors (Lipinski definition) is 6. The number of aryl methyl sites for hydroxylation is 1. The van der Waals surface area contributed by atoms with Crippen LogP contribution in [0.1, 0.15) is 11.3 Å². The Balaban J connectivity index is 2.11. The lowest BCUT2D eigenvalue weighted by atomic mass is 10.2. The Morgan fingerprint density at radius 3 is 3.00 bits per heavy atom. The Morgan fingerprint density at radius 2 is 2.33 bits per heavy atom. The summed E-state index contributed by atoms with van der Waals surface area (Å²) in [6.45, 7) is 2.07. The van der Waals surface area contributed by atoms with Gasteiger partial charge in [0.25, 0.3) is 5.69 Å². The molecule has 7 heteroatoms. The third-order valence-corrected chi connectivity index (χ3v) is 2.35. The molecular weight excluding hydrogens is 234 g/mol. The van der Waals surface area contributed by atoms with Gasteiger partial charge in [-0.25, -0.2) is 4.98 Å². The summed E-state index contributed by atoms with van der Waals surface area (Å²) in [5.41, 5.74) is 1.32. The van der Waals surface area contributed by atoms with Crippen molar-refractivity contribution in [1.82, 2.24) is 15.2 Å². The van der Waals surface area contributed by atoms with E-state index in [9.17, 15) is 10.1 Å². The number of anilines is 1. The highest BCUT2D eigenvalue weighted by molar-refractivity contribution is 5.48. The van der Waals surface area contributed by atoms with Gasteiger partial charge in [0.1, 0.15) is 5.82 Å². The van der Waals surface area contributed by atoms with Gasteiger partial charge in [0.2, 0.25) is 0 Å². The molecule has 2 rings (SSSR count). The molecule has 18 heavy (non-hydrogen) atoms. The Bertz CT molecular complexity index is 559. The van der Waals surface area contributed by atoms with Crippen molar-refractivity contribution in [1.29, 1.82) is 0 Å². The van der Waals surface area contributed by atoms with Crippen LogP contribution in [-0.4, -0.2) is 20.1 Å². The molecule has 2 aromatic heterocycles. The van der Waals surface area contributed by atoms with Gasteiger partial charge in [-0.15, -0.1) is 0 Å². The van der Waals surface area contributed by atoms with Gasteiger partial charge in [-0.1, -0.05) is 0 Å². The fourth-order valence-electron chi connectivity index (χ4n) is 1.42. The van der Waals surface area contributed by atoms with E-state index in [2.05, 4.69) is 20.5 Å². The molecular formula is C11H11N5O2. The molecule has 2 aromatic rings. The molecule has 0 fully saturated rings. The SMILES string of the molecule is Cc1cnc(NCc2cccnn2)cc1[N+](=O)[O-]. The van der Waals surface area contributed by atoms with Crippen LogP contribution in [-0.2, 0) is 6.54 Å². The lowest BCUT2D eigenvalue weighted by molar-refractivity contribution is -0.385. The highest BCUT2D eigenvalue weighted by Crippen LogP contribution is 2.19. The maximum Gasteiger partial charge on any atom is 0.277 e. The van der Waals surface area contributed by atoms with Crippen LogP contribution in [0.4, 0.5) is 11.5 Å². The predicted molar refractivity (Wildman–Crippen MR) is 65.0 cm³/mol. The van der Waals surface area contributed by atoms with Crippen molar-refractivity contribution in [3.8, 4) is 0 Å². The average Bonchev–Trinajstić information content (AvgIpc) is 2.38. The van der Waals surface area contributed by atoms with E-state index < -0.39 is 4.92 Å². The molecule has 2 heterocycles. The lowest BCUT2D eigenvalue weighted by Gasteiger charge is -2.05. The minimum absolute atomic E-state index is 0.0478. The summed E-state index contributed by atoms with van der Waals surface area (Å²) in [6.07, 6.45) is 3.05. The molecule has 0 aliphatic rings. The molecule has 0 aliphatic carbocycles. The first-order chi connectivity index (χ1) is 8.66. The van der Waals surface area contributed by atoms with E-state index in [1.54, 1.807) is 19.2 Å². The zero-order chi connectivity index (χ0) is 13.0. The highest BCUT2D eigenvalue weighted by atomic mass is 16.6. The summed E-state index contributed by atoms with van der Waals surface area (Å²) in [4.78, 5) is 14.4. The maximum absolute atomic E-state index is 10.8. The number of hydrogen-bond donors (Lipinski definition) is 1. The van der Waals surface area contributed by atoms with Gasteiger partial charge in [0.15, 0.2) is 0 Å². The van der Waals surface area contributed by atoms with Crippen molar-refractivity contribution in [2.75, 3.05) is 5.32 Å². The summed E-state index contributed by atoms with van der Waals surface area (Å²) in [6, 6.07) is 4.99. The largest absolute Gasteiger partial charge is 0.364 e. The molecule has 0 aliphatic heterocycles. The van der Waals surface area contributed by atoms with E-state index in [0.29, 0.717) is 17.9 Å². The molecule has 7 nitrogen and oxygen atoms in total. The van der Waals surface area contributed by atoms with Gasteiger partial charge in [-0.2, -0.15) is 10.2 Å². The Kier molecular flexibility index (Phi) is 3.42. The zero-order valence-corrected chi connectivity index (χ0v) is 9.70. The monoisotopic (exact) mass is 245 g/mol. The molecule has 0 saturated carbocycles. The van der Waals surface area contributed by atoms with Gasteiger partial charge in [-0.3, -0.25) is 10.1 Å². The third-order valence-electron chi connectivity index (χ3n) is 2.35. The van der Waals surface area contributed by atoms with Crippen LogP contribution in [0.3, 0.4) is 0 Å². The van der Waals surface area contributed by atoms with Crippen molar-refractivity contribution in [2.24, 2.45) is 0 Å². The van der Waals surface area contributed by atoms with E-state index in [0.717, 1.165) is 5.69 Å². The number of aromatic nitrogens is 3. The molecule has 0 amide bonds. The number of pyridine rings is 1. The first-order valence-electron chi connectivity index (χ1n) is 5.28. The van der Waals surface area contributed by atoms with Crippen molar-refractivity contribution in [3.05, 3.63) is 52.0 Å². The van der Waals surface area contributed by atoms with E-state index in [1.807, 2.05) is 6.07 Å². The van der Waals surface area contributed by atoms with E-state index in [1.165, 1.54) is 12.3 Å². The van der Waals surface area contributed by atoms with Crippen LogP contribution in [0, 0.1) is 17.0 Å². The standard InChI is InChI=1S/C11H11N5O2/c1-8-6-12-11(5-10(8)16(17)18)13-7-9-3-2-4-14-15-9/h2-6H,7H2,1H3,(H,12,13). The lowest BCUT2D eigenvalue weighted by Crippen LogP contribution is -2.04. The molecule has 0 spiro atoms. The molecule has 0 saturated heterocycles. The van der Waals surface area contributed by atoms with Crippen molar-refractivity contribution >= 4 is 11.5 Å². The van der Waals surface area contributed by atoms with E-state index in [-0.39, 0.29) is 5.69 Å². The number of rotatable bonds is 4. The van der Waals surface area contributed by atoms with E-state index >= 15 is 0 Å². The first-order valence-corrected chi connectivity index (χ1v) is 5.28. The van der Waals surface area contributed by atoms with Crippen LogP contribution >= 0.6 is 0 Å². The minimum Gasteiger partial charge on any atom is -0.364 e. The van der Waals surface area contributed by atoms with Gasteiger partial charge in [-0.05, 0) is 19.1 Å². The maximum atomic E-state index is 10.8. The molecule has 1 N–H and O–H groups in total. The third kappa shape index (κ3) is 2.76. The summed E-state index contributed by atoms with van der Waals surface area (Å²) in [7, 11) is 0. The van der Waals surface area contributed by atoms with Gasteiger partial charge in [0, 0.05) is 18.0 Å². The molecule has 0 bridgehead atoms. The molecule has 0 aromatic carbocycles. The Hall–Kier alpha value is -2.57. The zero-order valence-electron chi connectivity index (χ0n) is 9.70. The number of nitrogens with zero attached hydrogens (tertiary/aromatic N) is 4. The van der Waals surface area contributed by atoms with Gasteiger partial charge in [0.05, 0.1) is 23.2 Å². The second-order valence-corrected chi connectivity index (χ2v) is 3.68. The van der Waals surface area contributed by atoms with Crippen molar-refractivity contribution < 1.29 is 4.92 Å².